The molecule has 27 heteroatoms. The lowest BCUT2D eigenvalue weighted by Crippen LogP contribution is -2.51. The minimum atomic E-state index is -1.81. The van der Waals surface area contributed by atoms with E-state index in [4.69, 9.17) is 83.5 Å². The van der Waals surface area contributed by atoms with E-state index in [0.717, 1.165) is 51.4 Å². The highest BCUT2D eigenvalue weighted by atomic mass is 35.5. The Morgan fingerprint density at radius 3 is 1.05 bits per heavy atom. The maximum Gasteiger partial charge on any atom is 0.309 e. The summed E-state index contributed by atoms with van der Waals surface area (Å²) in [5.41, 5.74) is 0. The van der Waals surface area contributed by atoms with E-state index < -0.39 is 66.3 Å². The van der Waals surface area contributed by atoms with Crippen LogP contribution in [-0.4, -0.2) is 206 Å². The van der Waals surface area contributed by atoms with Crippen LogP contribution in [0.2, 0.25) is 36.3 Å². The third kappa shape index (κ3) is 37.6. The van der Waals surface area contributed by atoms with Crippen molar-refractivity contribution in [3.8, 4) is 0 Å². The predicted molar refractivity (Wildman–Crippen MR) is 419 cm³/mol. The van der Waals surface area contributed by atoms with Crippen LogP contribution in [-0.2, 0) is 75.5 Å². The molecule has 5 aliphatic heterocycles. The van der Waals surface area contributed by atoms with E-state index in [1.165, 1.54) is 6.26 Å². The first kappa shape index (κ1) is 107. The summed E-state index contributed by atoms with van der Waals surface area (Å²) >= 11 is 5.21. The lowest BCUT2D eigenvalue weighted by Gasteiger charge is -2.39. The number of hydrogen-bond donors (Lipinski definition) is 8. The fraction of sp³-hybridized carbons (Fsp3) is 0.861. The summed E-state index contributed by atoms with van der Waals surface area (Å²) in [6.45, 7) is 52.1. The van der Waals surface area contributed by atoms with E-state index in [2.05, 4.69) is 74.7 Å². The summed E-state index contributed by atoms with van der Waals surface area (Å²) < 4.78 is 60.9. The molecule has 0 amide bonds. The van der Waals surface area contributed by atoms with Crippen molar-refractivity contribution in [3.05, 3.63) is 37.0 Å². The molecule has 0 bridgehead atoms. The van der Waals surface area contributed by atoms with Gasteiger partial charge in [0.15, 0.2) is 29.2 Å². The number of aliphatic hydroxyl groups is 8. The SMILES string of the molecule is C.CC1C(O)C=COC1CO[Si](C)(C)C(C)(C)C.CCC(CC)C(=O)Cl.CCC(CC)C(=O)OC1C=COC(CO)C1C.CCC(CC)C(=O)OC1C=COC(CO[Si](C)(C)C(C)(C)C)C1C.CCC(CC)C(=O)OC1CC(O)OC(CO)C1C.CCC(CC)C(=O)OC1CC(O)OC(CO)C1O.CCO. The smallest absolute Gasteiger partial charge is 0.309 e. The third-order valence-corrected chi connectivity index (χ3v) is 30.7. The van der Waals surface area contributed by atoms with Gasteiger partial charge in [0.05, 0.1) is 87.7 Å². The quantitative estimate of drug-likeness (QED) is 0.0156. The molecule has 0 radical (unpaired) electrons. The van der Waals surface area contributed by atoms with Gasteiger partial charge in [0.25, 0.3) is 0 Å². The van der Waals surface area contributed by atoms with Crippen molar-refractivity contribution in [1.29, 1.82) is 0 Å². The second-order valence-corrected chi connectivity index (χ2v) is 40.8. The van der Waals surface area contributed by atoms with Gasteiger partial charge in [-0.05, 0) is 137 Å². The molecule has 24 nitrogen and oxygen atoms in total. The van der Waals surface area contributed by atoms with Gasteiger partial charge in [0, 0.05) is 49.0 Å². The molecular formula is C79H151ClO24Si2. The maximum absolute atomic E-state index is 12.3. The van der Waals surface area contributed by atoms with Gasteiger partial charge in [-0.1, -0.05) is 146 Å². The van der Waals surface area contributed by atoms with Crippen LogP contribution in [0.1, 0.15) is 230 Å². The Labute approximate surface area is 646 Å². The lowest BCUT2D eigenvalue weighted by atomic mass is 9.92. The molecule has 2 fully saturated rings. The van der Waals surface area contributed by atoms with E-state index in [0.29, 0.717) is 26.1 Å². The van der Waals surface area contributed by atoms with Gasteiger partial charge in [-0.25, -0.2) is 0 Å². The summed E-state index contributed by atoms with van der Waals surface area (Å²) in [4.78, 5) is 58.2. The lowest BCUT2D eigenvalue weighted by molar-refractivity contribution is -0.246. The zero-order chi connectivity index (χ0) is 81.3. The number of hydrogen-bond acceptors (Lipinski definition) is 24. The van der Waals surface area contributed by atoms with Crippen molar-refractivity contribution in [2.75, 3.05) is 39.6 Å². The predicted octanol–water partition coefficient (Wildman–Crippen LogP) is 13.4. The molecule has 0 aromatic heterocycles. The highest BCUT2D eigenvalue weighted by Gasteiger charge is 2.44. The van der Waals surface area contributed by atoms with E-state index in [1.54, 1.807) is 31.6 Å². The van der Waals surface area contributed by atoms with Gasteiger partial charge in [-0.15, -0.1) is 0 Å². The first-order chi connectivity index (χ1) is 49.0. The fourth-order valence-electron chi connectivity index (χ4n) is 10.7. The van der Waals surface area contributed by atoms with Crippen LogP contribution in [0.3, 0.4) is 0 Å². The Morgan fingerprint density at radius 1 is 0.434 bits per heavy atom. The molecule has 0 aliphatic carbocycles. The van der Waals surface area contributed by atoms with Crippen LogP contribution >= 0.6 is 11.6 Å². The van der Waals surface area contributed by atoms with Crippen molar-refractivity contribution >= 4 is 57.4 Å². The van der Waals surface area contributed by atoms with E-state index >= 15 is 0 Å². The van der Waals surface area contributed by atoms with Crippen molar-refractivity contribution in [3.63, 3.8) is 0 Å². The average molecular weight is 1580 g/mol. The highest BCUT2D eigenvalue weighted by Crippen LogP contribution is 2.39. The molecule has 106 heavy (non-hydrogen) atoms. The van der Waals surface area contributed by atoms with Crippen LogP contribution in [0.15, 0.2) is 37.0 Å². The molecular weight excluding hydrogens is 1420 g/mol. The molecule has 0 saturated carbocycles. The molecule has 8 N–H and O–H groups in total. The summed E-state index contributed by atoms with van der Waals surface area (Å²) in [5, 5.41) is 73.6. The number of aliphatic hydroxyl groups excluding tert-OH is 8. The van der Waals surface area contributed by atoms with E-state index in [1.807, 2.05) is 96.1 Å². The summed E-state index contributed by atoms with van der Waals surface area (Å²) in [7, 11) is -3.54. The minimum absolute atomic E-state index is 0. The fourth-order valence-corrected chi connectivity index (χ4v) is 13.1. The molecule has 0 aromatic carbocycles. The Morgan fingerprint density at radius 2 is 0.726 bits per heavy atom. The molecule has 5 rings (SSSR count). The second kappa shape index (κ2) is 54.9. The zero-order valence-corrected chi connectivity index (χ0v) is 71.6. The van der Waals surface area contributed by atoms with Gasteiger partial charge >= 0.3 is 23.9 Å². The van der Waals surface area contributed by atoms with Crippen LogP contribution in [0, 0.1) is 53.3 Å². The average Bonchev–Trinajstić information content (AvgIpc) is 0.837. The monoisotopic (exact) mass is 1570 g/mol. The van der Waals surface area contributed by atoms with Crippen LogP contribution in [0.5, 0.6) is 0 Å². The number of halogens is 1. The standard InChI is InChI=1S/C19H36O4Si.C13H24O5.C13H22O4.C13H26O3Si.C12H22O6.C6H11ClO.C2H6O.CH4/c1-9-15(10-2)18(20)23-16-11-12-21-17(14(16)3)13-22-24(7,8)19(4,5)6;1-4-9(5-2)13(16)18-10-6-12(15)17-11(7-14)8(10)3;1-4-10(5-2)13(15)17-11-6-7-16-12(8-14)9(11)3;1-10-11(14)7-8-15-12(10)9-16-17(5,6)13(2,3)4;1-3-7(4-2)12(16)18-8-5-10(14)17-9(6-13)11(8)15;1-3-5(4-2)6(7)8;1-2-3;/h11-12,14-17H,9-10,13H2,1-8H3;8-12,14-15H,4-7H2,1-3H3;6-7,9-12,14H,4-5,8H2,1-3H3;7-8,10-12,14H,9H2,1-6H3;7-11,13-15H,3-6H2,1-2H3;5H,3-4H2,1-2H3;3H,2H2,1H3;1H4. The maximum atomic E-state index is 12.3. The van der Waals surface area contributed by atoms with E-state index in [9.17, 15) is 44.4 Å². The Balaban J connectivity index is -0.00000121. The largest absolute Gasteiger partial charge is 0.496 e. The third-order valence-electron chi connectivity index (χ3n) is 21.4. The molecule has 2 saturated heterocycles. The minimum Gasteiger partial charge on any atom is -0.496 e. The topological polar surface area (TPSA) is 349 Å². The first-order valence-electron chi connectivity index (χ1n) is 38.7. The summed E-state index contributed by atoms with van der Waals surface area (Å²) in [5.74, 6) is -1.10. The van der Waals surface area contributed by atoms with Crippen LogP contribution < -0.4 is 0 Å². The van der Waals surface area contributed by atoms with Gasteiger partial charge < -0.3 is 92.3 Å². The molecule has 0 aromatic rings. The van der Waals surface area contributed by atoms with Gasteiger partial charge in [-0.2, -0.15) is 0 Å². The molecule has 626 valence electrons. The number of ether oxygens (including phenoxy) is 9. The molecule has 0 spiro atoms. The van der Waals surface area contributed by atoms with Crippen molar-refractivity contribution in [2.45, 2.75) is 346 Å². The highest BCUT2D eigenvalue weighted by molar-refractivity contribution is 6.74. The first-order valence-corrected chi connectivity index (χ1v) is 44.9. The molecule has 5 heterocycles. The van der Waals surface area contributed by atoms with Crippen LogP contribution in [0.25, 0.3) is 0 Å². The van der Waals surface area contributed by atoms with Crippen molar-refractivity contribution in [2.24, 2.45) is 53.3 Å². The molecule has 17 atom stereocenters. The Bertz CT molecular complexity index is 2380. The van der Waals surface area contributed by atoms with Crippen LogP contribution in [0.4, 0.5) is 0 Å². The van der Waals surface area contributed by atoms with Gasteiger partial charge in [0.2, 0.25) is 5.24 Å². The summed E-state index contributed by atoms with van der Waals surface area (Å²) in [6.07, 6.45) is 10.9. The van der Waals surface area contributed by atoms with Gasteiger partial charge in [0.1, 0.15) is 54.9 Å². The molecule has 5 aliphatic rings. The summed E-state index contributed by atoms with van der Waals surface area (Å²) in [6, 6.07) is 0. The number of carbonyl (C=O) groups excluding carboxylic acids is 5. The molecule has 17 unspecified atom stereocenters. The van der Waals surface area contributed by atoms with Crippen molar-refractivity contribution in [1.82, 2.24) is 0 Å². The normalized spacial score (nSPS) is 26.9. The second-order valence-electron chi connectivity index (χ2n) is 30.8. The Kier molecular flexibility index (Phi) is 55.2. The van der Waals surface area contributed by atoms with E-state index in [-0.39, 0.29) is 169 Å². The number of rotatable bonds is 28. The zero-order valence-electron chi connectivity index (χ0n) is 68.9. The van der Waals surface area contributed by atoms with Gasteiger partial charge in [-0.3, -0.25) is 24.0 Å². The number of carbonyl (C=O) groups is 5. The Hall–Kier alpha value is -3.59. The number of esters is 4. The van der Waals surface area contributed by atoms with Crippen molar-refractivity contribution < 1.29 is 116 Å².